The van der Waals surface area contributed by atoms with E-state index in [-0.39, 0.29) is 5.56 Å². The number of aromatic nitrogens is 2. The van der Waals surface area contributed by atoms with Crippen molar-refractivity contribution in [1.29, 1.82) is 0 Å². The molecule has 0 spiro atoms. The van der Waals surface area contributed by atoms with Gasteiger partial charge in [0.25, 0.3) is 5.56 Å². The summed E-state index contributed by atoms with van der Waals surface area (Å²) in [4.78, 5) is 17.6. The van der Waals surface area contributed by atoms with Gasteiger partial charge in [0.05, 0.1) is 0 Å². The van der Waals surface area contributed by atoms with Gasteiger partial charge in [-0.2, -0.15) is 0 Å². The number of ether oxygens (including phenoxy) is 1. The molecule has 66 valence electrons. The van der Waals surface area contributed by atoms with Crippen molar-refractivity contribution in [1.82, 2.24) is 9.97 Å². The van der Waals surface area contributed by atoms with E-state index in [4.69, 9.17) is 4.74 Å². The molecule has 1 aromatic rings. The fraction of sp³-hybridized carbons (Fsp3) is 0.429. The number of H-pyrrole nitrogens is 1. The standard InChI is InChI=1S/C7H11N3O2/c1-8-5-3-7(11)10-6(9-5)4-12-2/h3H,4H2,1-2H3,(H2,8,9,10,11). The van der Waals surface area contributed by atoms with E-state index in [0.717, 1.165) is 0 Å². The predicted molar refractivity (Wildman–Crippen MR) is 45.1 cm³/mol. The van der Waals surface area contributed by atoms with Crippen LogP contribution >= 0.6 is 0 Å². The Morgan fingerprint density at radius 3 is 3.08 bits per heavy atom. The van der Waals surface area contributed by atoms with Crippen molar-refractivity contribution in [2.45, 2.75) is 6.61 Å². The topological polar surface area (TPSA) is 67.0 Å². The number of nitrogens with zero attached hydrogens (tertiary/aromatic N) is 1. The predicted octanol–water partition coefficient (Wildman–Crippen LogP) is -0.0420. The number of anilines is 1. The van der Waals surface area contributed by atoms with Gasteiger partial charge in [0.2, 0.25) is 0 Å². The van der Waals surface area contributed by atoms with E-state index in [2.05, 4.69) is 15.3 Å². The highest BCUT2D eigenvalue weighted by atomic mass is 16.5. The second-order valence-electron chi connectivity index (χ2n) is 2.26. The maximum Gasteiger partial charge on any atom is 0.253 e. The summed E-state index contributed by atoms with van der Waals surface area (Å²) < 4.78 is 4.82. The third kappa shape index (κ3) is 2.06. The van der Waals surface area contributed by atoms with Crippen LogP contribution in [0.2, 0.25) is 0 Å². The van der Waals surface area contributed by atoms with Crippen LogP contribution in [0.15, 0.2) is 10.9 Å². The van der Waals surface area contributed by atoms with Crippen LogP contribution in [0.1, 0.15) is 5.82 Å². The number of hydrogen-bond acceptors (Lipinski definition) is 4. The molecule has 2 N–H and O–H groups in total. The average molecular weight is 169 g/mol. The zero-order valence-corrected chi connectivity index (χ0v) is 7.05. The van der Waals surface area contributed by atoms with Crippen molar-refractivity contribution < 1.29 is 4.74 Å². The van der Waals surface area contributed by atoms with Crippen LogP contribution in [0.3, 0.4) is 0 Å². The van der Waals surface area contributed by atoms with E-state index < -0.39 is 0 Å². The fourth-order valence-corrected chi connectivity index (χ4v) is 0.841. The first-order chi connectivity index (χ1) is 5.76. The SMILES string of the molecule is CNc1cc(=O)[nH]c(COC)n1. The molecule has 0 aromatic carbocycles. The van der Waals surface area contributed by atoms with Crippen molar-refractivity contribution in [2.75, 3.05) is 19.5 Å². The van der Waals surface area contributed by atoms with Gasteiger partial charge in [-0.15, -0.1) is 0 Å². The molecule has 5 heteroatoms. The van der Waals surface area contributed by atoms with Crippen LogP contribution in [0.4, 0.5) is 5.82 Å². The maximum atomic E-state index is 11.0. The molecule has 0 radical (unpaired) electrons. The van der Waals surface area contributed by atoms with E-state index >= 15 is 0 Å². The van der Waals surface area contributed by atoms with Gasteiger partial charge in [0.1, 0.15) is 18.2 Å². The first-order valence-electron chi connectivity index (χ1n) is 3.53. The Hall–Kier alpha value is -1.36. The highest BCUT2D eigenvalue weighted by molar-refractivity contribution is 5.31. The van der Waals surface area contributed by atoms with Crippen molar-refractivity contribution in [3.05, 3.63) is 22.2 Å². The summed E-state index contributed by atoms with van der Waals surface area (Å²) in [5, 5.41) is 2.78. The molecule has 0 aliphatic heterocycles. The van der Waals surface area contributed by atoms with Gasteiger partial charge in [-0.3, -0.25) is 4.79 Å². The molecule has 0 unspecified atom stereocenters. The van der Waals surface area contributed by atoms with Crippen LogP contribution in [0.5, 0.6) is 0 Å². The summed E-state index contributed by atoms with van der Waals surface area (Å²) in [5.74, 6) is 1.07. The zero-order chi connectivity index (χ0) is 8.97. The lowest BCUT2D eigenvalue weighted by molar-refractivity contribution is 0.177. The van der Waals surface area contributed by atoms with Crippen molar-refractivity contribution in [3.8, 4) is 0 Å². The minimum atomic E-state index is -0.179. The largest absolute Gasteiger partial charge is 0.377 e. The smallest absolute Gasteiger partial charge is 0.253 e. The molecule has 0 saturated heterocycles. The molecule has 0 aliphatic rings. The summed E-state index contributed by atoms with van der Waals surface area (Å²) in [5.41, 5.74) is -0.179. The highest BCUT2D eigenvalue weighted by Crippen LogP contribution is 1.97. The molecule has 12 heavy (non-hydrogen) atoms. The lowest BCUT2D eigenvalue weighted by Crippen LogP contribution is -2.12. The van der Waals surface area contributed by atoms with Gasteiger partial charge in [-0.05, 0) is 0 Å². The summed E-state index contributed by atoms with van der Waals surface area (Å²) >= 11 is 0. The number of hydrogen-bond donors (Lipinski definition) is 2. The molecular formula is C7H11N3O2. The minimum Gasteiger partial charge on any atom is -0.377 e. The Kier molecular flexibility index (Phi) is 2.82. The molecule has 0 atom stereocenters. The van der Waals surface area contributed by atoms with E-state index in [1.165, 1.54) is 6.07 Å². The molecule has 0 aliphatic carbocycles. The van der Waals surface area contributed by atoms with Crippen LogP contribution < -0.4 is 10.9 Å². The van der Waals surface area contributed by atoms with Gasteiger partial charge >= 0.3 is 0 Å². The lowest BCUT2D eigenvalue weighted by Gasteiger charge is -2.01. The lowest BCUT2D eigenvalue weighted by atomic mass is 10.5. The van der Waals surface area contributed by atoms with E-state index in [1.54, 1.807) is 14.2 Å². The van der Waals surface area contributed by atoms with Crippen LogP contribution in [0, 0.1) is 0 Å². The molecule has 0 amide bonds. The molecule has 1 rings (SSSR count). The van der Waals surface area contributed by atoms with Gasteiger partial charge in [-0.1, -0.05) is 0 Å². The quantitative estimate of drug-likeness (QED) is 0.666. The number of methoxy groups -OCH3 is 1. The Morgan fingerprint density at radius 2 is 2.50 bits per heavy atom. The second kappa shape index (κ2) is 3.87. The van der Waals surface area contributed by atoms with E-state index in [9.17, 15) is 4.79 Å². The minimum absolute atomic E-state index is 0.179. The number of aromatic amines is 1. The average Bonchev–Trinajstić information content (AvgIpc) is 2.04. The molecular weight excluding hydrogens is 158 g/mol. The molecule has 1 heterocycles. The zero-order valence-electron chi connectivity index (χ0n) is 7.05. The molecule has 5 nitrogen and oxygen atoms in total. The van der Waals surface area contributed by atoms with Gasteiger partial charge in [-0.25, -0.2) is 4.98 Å². The molecule has 0 bridgehead atoms. The molecule has 0 fully saturated rings. The normalized spacial score (nSPS) is 9.83. The third-order valence-electron chi connectivity index (χ3n) is 1.33. The summed E-state index contributed by atoms with van der Waals surface area (Å²) in [6.45, 7) is 0.310. The Balaban J connectivity index is 2.98. The summed E-state index contributed by atoms with van der Waals surface area (Å²) in [6, 6.07) is 1.39. The molecule has 0 saturated carbocycles. The second-order valence-corrected chi connectivity index (χ2v) is 2.26. The van der Waals surface area contributed by atoms with Crippen molar-refractivity contribution >= 4 is 5.82 Å². The number of rotatable bonds is 3. The van der Waals surface area contributed by atoms with Crippen molar-refractivity contribution in [2.24, 2.45) is 0 Å². The first-order valence-corrected chi connectivity index (χ1v) is 3.53. The summed E-state index contributed by atoms with van der Waals surface area (Å²) in [7, 11) is 3.25. The maximum absolute atomic E-state index is 11.0. The van der Waals surface area contributed by atoms with Crippen LogP contribution in [-0.4, -0.2) is 24.1 Å². The first kappa shape index (κ1) is 8.73. The van der Waals surface area contributed by atoms with Gasteiger partial charge in [0, 0.05) is 20.2 Å². The molecule has 1 aromatic heterocycles. The monoisotopic (exact) mass is 169 g/mol. The highest BCUT2D eigenvalue weighted by Gasteiger charge is 1.97. The Labute approximate surface area is 69.8 Å². The van der Waals surface area contributed by atoms with Crippen LogP contribution in [0.25, 0.3) is 0 Å². The fourth-order valence-electron chi connectivity index (χ4n) is 0.841. The third-order valence-corrected chi connectivity index (χ3v) is 1.33. The van der Waals surface area contributed by atoms with Gasteiger partial charge < -0.3 is 15.0 Å². The summed E-state index contributed by atoms with van der Waals surface area (Å²) in [6.07, 6.45) is 0. The van der Waals surface area contributed by atoms with E-state index in [1.807, 2.05) is 0 Å². The Morgan fingerprint density at radius 1 is 1.75 bits per heavy atom. The van der Waals surface area contributed by atoms with Crippen LogP contribution in [-0.2, 0) is 11.3 Å². The van der Waals surface area contributed by atoms with Gasteiger partial charge in [0.15, 0.2) is 0 Å². The number of nitrogens with one attached hydrogen (secondary N) is 2. The van der Waals surface area contributed by atoms with E-state index in [0.29, 0.717) is 18.2 Å². The Bertz CT molecular complexity index is 308. The van der Waals surface area contributed by atoms with Crippen molar-refractivity contribution in [3.63, 3.8) is 0 Å².